The van der Waals surface area contributed by atoms with Gasteiger partial charge in [0.1, 0.15) is 5.60 Å². The van der Waals surface area contributed by atoms with E-state index in [-0.39, 0.29) is 0 Å². The van der Waals surface area contributed by atoms with Crippen LogP contribution in [0.2, 0.25) is 0 Å². The molecule has 0 amide bonds. The average Bonchev–Trinajstić information content (AvgIpc) is 2.37. The molecule has 1 N–H and O–H groups in total. The Kier molecular flexibility index (Phi) is 6.37. The maximum atomic E-state index is 11.0. The summed E-state index contributed by atoms with van der Waals surface area (Å²) < 4.78 is 16.3. The molecule has 1 rings (SSSR count). The third-order valence-electron chi connectivity index (χ3n) is 3.29. The fraction of sp³-hybridized carbons (Fsp3) is 0.538. The van der Waals surface area contributed by atoms with Crippen LogP contribution in [0.3, 0.4) is 0 Å². The summed E-state index contributed by atoms with van der Waals surface area (Å²) in [6.45, 7) is 3.92. The molecule has 1 unspecified atom stereocenters. The minimum absolute atomic E-state index is 0.590. The van der Waals surface area contributed by atoms with E-state index in [1.165, 1.54) is 0 Å². The van der Waals surface area contributed by atoms with Gasteiger partial charge in [-0.3, -0.25) is 9.09 Å². The second kappa shape index (κ2) is 7.30. The van der Waals surface area contributed by atoms with Gasteiger partial charge in [-0.05, 0) is 30.4 Å². The number of alkyl halides is 1. The van der Waals surface area contributed by atoms with Gasteiger partial charge in [-0.25, -0.2) is 0 Å². The van der Waals surface area contributed by atoms with E-state index in [4.69, 9.17) is 21.0 Å². The van der Waals surface area contributed by atoms with E-state index < -0.39 is 13.9 Å². The van der Waals surface area contributed by atoms with Crippen molar-refractivity contribution in [2.45, 2.75) is 38.7 Å². The number of hydrogen-bond donors (Lipinski definition) is 1. The second-order valence-corrected chi connectivity index (χ2v) is 5.32. The highest BCUT2D eigenvalue weighted by Crippen LogP contribution is 2.40. The minimum Gasteiger partial charge on any atom is -0.326 e. The Morgan fingerprint density at radius 2 is 1.83 bits per heavy atom. The van der Waals surface area contributed by atoms with Crippen molar-refractivity contribution in [1.29, 1.82) is 0 Å². The Labute approximate surface area is 114 Å². The van der Waals surface area contributed by atoms with Crippen molar-refractivity contribution in [2.24, 2.45) is 0 Å². The van der Waals surface area contributed by atoms with Crippen LogP contribution < -0.4 is 0 Å². The molecule has 102 valence electrons. The molecule has 3 nitrogen and oxygen atoms in total. The van der Waals surface area contributed by atoms with E-state index >= 15 is 0 Å². The van der Waals surface area contributed by atoms with Crippen LogP contribution >= 0.6 is 19.9 Å². The van der Waals surface area contributed by atoms with Crippen molar-refractivity contribution in [3.8, 4) is 0 Å². The molecule has 1 aromatic rings. The maximum absolute atomic E-state index is 11.0. The van der Waals surface area contributed by atoms with E-state index in [2.05, 4.69) is 0 Å². The summed E-state index contributed by atoms with van der Waals surface area (Å²) in [6.07, 6.45) is 2.15. The molecule has 0 heterocycles. The SMILES string of the molecule is CCC(CC)(O[PH](=O)O)c1ccc(CCCl)cc1. The summed E-state index contributed by atoms with van der Waals surface area (Å²) in [4.78, 5) is 9.06. The topological polar surface area (TPSA) is 46.5 Å². The molecule has 0 aliphatic rings. The van der Waals surface area contributed by atoms with Gasteiger partial charge < -0.3 is 4.89 Å². The van der Waals surface area contributed by atoms with Crippen molar-refractivity contribution in [2.75, 3.05) is 5.88 Å². The van der Waals surface area contributed by atoms with Crippen molar-refractivity contribution in [1.82, 2.24) is 0 Å². The van der Waals surface area contributed by atoms with Gasteiger partial charge in [-0.1, -0.05) is 38.1 Å². The van der Waals surface area contributed by atoms with Crippen LogP contribution in [0, 0.1) is 0 Å². The molecule has 0 aliphatic carbocycles. The van der Waals surface area contributed by atoms with Gasteiger partial charge >= 0.3 is 8.25 Å². The molecule has 18 heavy (non-hydrogen) atoms. The van der Waals surface area contributed by atoms with E-state index in [1.54, 1.807) is 0 Å². The Bertz CT molecular complexity index is 388. The molecule has 1 atom stereocenters. The first-order valence-corrected chi connectivity index (χ1v) is 7.95. The lowest BCUT2D eigenvalue weighted by Crippen LogP contribution is -2.25. The Morgan fingerprint density at radius 1 is 1.28 bits per heavy atom. The largest absolute Gasteiger partial charge is 0.326 e. The molecular formula is C13H20ClO3P. The molecule has 0 aliphatic heterocycles. The van der Waals surface area contributed by atoms with Gasteiger partial charge in [0.15, 0.2) is 0 Å². The summed E-state index contributed by atoms with van der Waals surface area (Å²) in [6, 6.07) is 7.91. The Morgan fingerprint density at radius 3 is 2.22 bits per heavy atom. The smallest absolute Gasteiger partial charge is 0.317 e. The predicted octanol–water partition coefficient (Wildman–Crippen LogP) is 3.88. The summed E-state index contributed by atoms with van der Waals surface area (Å²) in [5.74, 6) is 0.590. The van der Waals surface area contributed by atoms with Gasteiger partial charge in [-0.15, -0.1) is 11.6 Å². The highest BCUT2D eigenvalue weighted by atomic mass is 35.5. The van der Waals surface area contributed by atoms with Gasteiger partial charge in [-0.2, -0.15) is 0 Å². The normalized spacial score (nSPS) is 13.6. The fourth-order valence-corrected chi connectivity index (χ4v) is 3.07. The zero-order chi connectivity index (χ0) is 13.6. The maximum Gasteiger partial charge on any atom is 0.317 e. The van der Waals surface area contributed by atoms with Crippen molar-refractivity contribution < 1.29 is 14.0 Å². The predicted molar refractivity (Wildman–Crippen MR) is 75.4 cm³/mol. The minimum atomic E-state index is -2.95. The molecule has 0 radical (unpaired) electrons. The zero-order valence-electron chi connectivity index (χ0n) is 10.8. The first kappa shape index (κ1) is 15.7. The molecule has 0 saturated carbocycles. The van der Waals surface area contributed by atoms with Crippen LogP contribution in [0.15, 0.2) is 24.3 Å². The molecule has 0 spiro atoms. The monoisotopic (exact) mass is 290 g/mol. The molecule has 5 heteroatoms. The van der Waals surface area contributed by atoms with Crippen LogP contribution in [0.5, 0.6) is 0 Å². The quantitative estimate of drug-likeness (QED) is 0.612. The van der Waals surface area contributed by atoms with Crippen LogP contribution in [-0.4, -0.2) is 10.8 Å². The van der Waals surface area contributed by atoms with Crippen molar-refractivity contribution in [3.63, 3.8) is 0 Å². The zero-order valence-corrected chi connectivity index (χ0v) is 12.5. The number of rotatable bonds is 7. The average molecular weight is 291 g/mol. The highest BCUT2D eigenvalue weighted by Gasteiger charge is 2.31. The van der Waals surface area contributed by atoms with Crippen LogP contribution in [0.25, 0.3) is 0 Å². The fourth-order valence-electron chi connectivity index (χ4n) is 2.11. The molecule has 0 aromatic heterocycles. The Balaban J connectivity index is 3.01. The lowest BCUT2D eigenvalue weighted by molar-refractivity contribution is 0.0536. The van der Waals surface area contributed by atoms with Gasteiger partial charge in [0.25, 0.3) is 0 Å². The lowest BCUT2D eigenvalue weighted by atomic mass is 9.88. The van der Waals surface area contributed by atoms with Gasteiger partial charge in [0.05, 0.1) is 0 Å². The molecule has 0 bridgehead atoms. The number of halogens is 1. The summed E-state index contributed by atoms with van der Waals surface area (Å²) >= 11 is 5.69. The number of aryl methyl sites for hydroxylation is 1. The van der Waals surface area contributed by atoms with Crippen LogP contribution in [0.1, 0.15) is 37.8 Å². The van der Waals surface area contributed by atoms with Crippen molar-refractivity contribution >= 4 is 19.9 Å². The second-order valence-electron chi connectivity index (χ2n) is 4.21. The molecule has 0 fully saturated rings. The summed E-state index contributed by atoms with van der Waals surface area (Å²) in [5.41, 5.74) is 1.44. The van der Waals surface area contributed by atoms with E-state index in [0.717, 1.165) is 17.5 Å². The Hall–Kier alpha value is -0.340. The number of hydrogen-bond acceptors (Lipinski definition) is 2. The third-order valence-corrected chi connectivity index (χ3v) is 4.04. The summed E-state index contributed by atoms with van der Waals surface area (Å²) in [5, 5.41) is 0. The van der Waals surface area contributed by atoms with Gasteiger partial charge in [0.2, 0.25) is 0 Å². The molecule has 0 saturated heterocycles. The van der Waals surface area contributed by atoms with Crippen molar-refractivity contribution in [3.05, 3.63) is 35.4 Å². The van der Waals surface area contributed by atoms with E-state index in [9.17, 15) is 4.57 Å². The first-order chi connectivity index (χ1) is 8.57. The molecular weight excluding hydrogens is 271 g/mol. The summed E-state index contributed by atoms with van der Waals surface area (Å²) in [7, 11) is -2.95. The van der Waals surface area contributed by atoms with E-state index in [0.29, 0.717) is 18.7 Å². The lowest BCUT2D eigenvalue weighted by Gasteiger charge is -2.31. The van der Waals surface area contributed by atoms with E-state index in [1.807, 2.05) is 38.1 Å². The standard InChI is InChI=1S/C13H20ClO3P/c1-3-13(4-2,17-18(15)16)12-7-5-11(6-8-12)9-10-14/h5-8,18H,3-4,9-10H2,1-2H3,(H,15,16). The van der Waals surface area contributed by atoms with Gasteiger partial charge in [0, 0.05) is 5.88 Å². The molecule has 1 aromatic carbocycles. The van der Waals surface area contributed by atoms with Crippen LogP contribution in [-0.2, 0) is 21.1 Å². The van der Waals surface area contributed by atoms with Crippen LogP contribution in [0.4, 0.5) is 0 Å². The highest BCUT2D eigenvalue weighted by molar-refractivity contribution is 7.32. The number of benzene rings is 1. The third kappa shape index (κ3) is 3.83. The first-order valence-electron chi connectivity index (χ1n) is 6.15.